The first-order chi connectivity index (χ1) is 10.6. The molecule has 165 valence electrons. The summed E-state index contributed by atoms with van der Waals surface area (Å²) in [5.41, 5.74) is 0. The van der Waals surface area contributed by atoms with Gasteiger partial charge in [0.1, 0.15) is 0 Å². The summed E-state index contributed by atoms with van der Waals surface area (Å²) in [4.78, 5) is 71.4. The Labute approximate surface area is 194 Å². The van der Waals surface area contributed by atoms with Gasteiger partial charge in [-0.1, -0.05) is 0 Å². The van der Waals surface area contributed by atoms with Gasteiger partial charge in [0.2, 0.25) is 0 Å². The number of rotatable bonds is 0. The summed E-state index contributed by atoms with van der Waals surface area (Å²) < 4.78 is 0. The van der Waals surface area contributed by atoms with Crippen molar-refractivity contribution in [3.63, 3.8) is 0 Å². The Bertz CT molecular complexity index is 407. The molecule has 0 amide bonds. The summed E-state index contributed by atoms with van der Waals surface area (Å²) in [6.45, 7) is 0. The van der Waals surface area contributed by atoms with Crippen LogP contribution in [0.1, 0.15) is 0 Å². The minimum atomic E-state index is -2.19. The standard InChI is InChI=1S/4C2H2O4.Co.Cu.Mn.Ni/c4*3-1(4)2(5)6;;;;/h4*(H,3,4)(H,5,6);;;;/q;;;;4*+2/p-8. The van der Waals surface area contributed by atoms with Gasteiger partial charge in [0.05, 0.1) is 47.8 Å². The average Bonchev–Trinajstić information content (AvgIpc) is 2.40. The Morgan fingerprint density at radius 3 is 0.393 bits per heavy atom. The van der Waals surface area contributed by atoms with Crippen molar-refractivity contribution in [1.82, 2.24) is 0 Å². The molecule has 3 radical (unpaired) electrons. The van der Waals surface area contributed by atoms with E-state index in [0.717, 1.165) is 0 Å². The number of carboxylic acid groups (broad SMARTS) is 8. The summed E-state index contributed by atoms with van der Waals surface area (Å²) in [5, 5.41) is 71.4. The van der Waals surface area contributed by atoms with E-state index in [1.807, 2.05) is 0 Å². The van der Waals surface area contributed by atoms with Crippen LogP contribution in [0.25, 0.3) is 0 Å². The van der Waals surface area contributed by atoms with E-state index in [0.29, 0.717) is 0 Å². The molecule has 16 nitrogen and oxygen atoms in total. The van der Waals surface area contributed by atoms with Crippen LogP contribution in [-0.2, 0) is 106 Å². The van der Waals surface area contributed by atoms with Crippen molar-refractivity contribution >= 4 is 47.8 Å². The SMILES string of the molecule is O=C([O-])C(=O)[O-].O=C([O-])C(=O)[O-].O=C([O-])C(=O)[O-].O=C([O-])C(=O)[O-].[Co+2].[Cu+2].[Mn+2].[Ni+2]. The summed E-state index contributed by atoms with van der Waals surface area (Å²) in [6.07, 6.45) is 0. The van der Waals surface area contributed by atoms with E-state index in [4.69, 9.17) is 79.2 Å². The second-order valence-electron chi connectivity index (χ2n) is 2.30. The van der Waals surface area contributed by atoms with Crippen LogP contribution < -0.4 is 40.9 Å². The smallest absolute Gasteiger partial charge is 0.543 e. The number of carboxylic acids is 8. The number of carbonyl (C=O) groups excluding carboxylic acids is 8. The minimum Gasteiger partial charge on any atom is -0.543 e. The Hall–Kier alpha value is -2.20. The molecule has 0 saturated heterocycles. The van der Waals surface area contributed by atoms with Gasteiger partial charge in [0.25, 0.3) is 0 Å². The average molecular weight is 588 g/mol. The first-order valence-corrected chi connectivity index (χ1v) is 4.27. The van der Waals surface area contributed by atoms with Gasteiger partial charge in [0, 0.05) is 0 Å². The topological polar surface area (TPSA) is 321 Å². The van der Waals surface area contributed by atoms with Gasteiger partial charge in [-0.15, -0.1) is 0 Å². The quantitative estimate of drug-likeness (QED) is 0.187. The molecule has 0 N–H and O–H groups in total. The molecule has 0 aliphatic rings. The van der Waals surface area contributed by atoms with Gasteiger partial charge < -0.3 is 79.2 Å². The molecule has 0 aliphatic heterocycles. The van der Waals surface area contributed by atoms with E-state index in [9.17, 15) is 0 Å². The Morgan fingerprint density at radius 2 is 0.393 bits per heavy atom. The van der Waals surface area contributed by atoms with E-state index in [-0.39, 0.29) is 67.4 Å². The predicted octanol–water partition coefficient (Wildman–Crippen LogP) is -14.1. The van der Waals surface area contributed by atoms with E-state index in [1.54, 1.807) is 0 Å². The molecule has 0 spiro atoms. The van der Waals surface area contributed by atoms with Crippen LogP contribution in [0.3, 0.4) is 0 Å². The van der Waals surface area contributed by atoms with E-state index < -0.39 is 47.8 Å². The molecule has 0 aromatic heterocycles. The molecule has 0 fully saturated rings. The zero-order valence-electron chi connectivity index (χ0n) is 11.9. The molecular formula is C8CoCuMnNiO16. The molecule has 0 saturated carbocycles. The maximum atomic E-state index is 8.93. The van der Waals surface area contributed by atoms with Crippen molar-refractivity contribution in [1.29, 1.82) is 0 Å². The molecule has 0 atom stereocenters. The summed E-state index contributed by atoms with van der Waals surface area (Å²) in [5.74, 6) is -17.5. The van der Waals surface area contributed by atoms with Crippen molar-refractivity contribution in [2.75, 3.05) is 0 Å². The first-order valence-electron chi connectivity index (χ1n) is 4.27. The third kappa shape index (κ3) is 65.0. The molecule has 0 rings (SSSR count). The molecule has 20 heteroatoms. The summed E-state index contributed by atoms with van der Waals surface area (Å²) in [7, 11) is 0. The van der Waals surface area contributed by atoms with Crippen LogP contribution in [0.4, 0.5) is 0 Å². The molecule has 0 aromatic carbocycles. The second kappa shape index (κ2) is 29.6. The second-order valence-corrected chi connectivity index (χ2v) is 2.30. The van der Waals surface area contributed by atoms with E-state index in [2.05, 4.69) is 0 Å². The van der Waals surface area contributed by atoms with Gasteiger partial charge in [-0.3, -0.25) is 0 Å². The number of aliphatic carboxylic acids is 8. The monoisotopic (exact) mass is 587 g/mol. The van der Waals surface area contributed by atoms with Gasteiger partial charge >= 0.3 is 67.4 Å². The molecule has 28 heavy (non-hydrogen) atoms. The van der Waals surface area contributed by atoms with Crippen LogP contribution >= 0.6 is 0 Å². The molecule has 0 unspecified atom stereocenters. The molecular weight excluding hydrogens is 588 g/mol. The molecule has 0 aliphatic carbocycles. The minimum absolute atomic E-state index is 0. The van der Waals surface area contributed by atoms with Crippen LogP contribution in [0.2, 0.25) is 0 Å². The number of carbonyl (C=O) groups is 8. The molecule has 0 bridgehead atoms. The van der Waals surface area contributed by atoms with Crippen LogP contribution in [0, 0.1) is 0 Å². The van der Waals surface area contributed by atoms with Gasteiger partial charge in [-0.2, -0.15) is 0 Å². The zero-order chi connectivity index (χ0) is 20.6. The Balaban J connectivity index is -0.0000000303. The van der Waals surface area contributed by atoms with Gasteiger partial charge in [0.15, 0.2) is 0 Å². The summed E-state index contributed by atoms with van der Waals surface area (Å²) in [6, 6.07) is 0. The largest absolute Gasteiger partial charge is 2.00 e. The number of hydrogen-bond acceptors (Lipinski definition) is 16. The van der Waals surface area contributed by atoms with E-state index in [1.165, 1.54) is 0 Å². The molecule has 0 heterocycles. The zero-order valence-corrected chi connectivity index (χ0v) is 16.0. The van der Waals surface area contributed by atoms with Gasteiger partial charge in [-0.25, -0.2) is 0 Å². The van der Waals surface area contributed by atoms with Gasteiger partial charge in [-0.05, 0) is 0 Å². The fourth-order valence-corrected chi connectivity index (χ4v) is 0. The maximum absolute atomic E-state index is 8.93. The fourth-order valence-electron chi connectivity index (χ4n) is 0. The van der Waals surface area contributed by atoms with Crippen molar-refractivity contribution in [2.24, 2.45) is 0 Å². The predicted molar refractivity (Wildman–Crippen MR) is 40.1 cm³/mol. The fraction of sp³-hybridized carbons (Fsp3) is 0. The van der Waals surface area contributed by atoms with Crippen molar-refractivity contribution in [3.05, 3.63) is 0 Å². The van der Waals surface area contributed by atoms with Crippen molar-refractivity contribution in [2.45, 2.75) is 0 Å². The van der Waals surface area contributed by atoms with Crippen molar-refractivity contribution < 1.29 is 147 Å². The normalized spacial score (nSPS) is 6.29. The first kappa shape index (κ1) is 50.1. The Kier molecular flexibility index (Phi) is 52.9. The number of hydrogen-bond donors (Lipinski definition) is 0. The molecule has 0 aromatic rings. The summed E-state index contributed by atoms with van der Waals surface area (Å²) >= 11 is 0. The Morgan fingerprint density at radius 1 is 0.357 bits per heavy atom. The third-order valence-electron chi connectivity index (χ3n) is 0.667. The third-order valence-corrected chi connectivity index (χ3v) is 0.667. The van der Waals surface area contributed by atoms with E-state index >= 15 is 0 Å². The van der Waals surface area contributed by atoms with Crippen LogP contribution in [-0.4, -0.2) is 47.8 Å². The maximum Gasteiger partial charge on any atom is 2.00 e. The van der Waals surface area contributed by atoms with Crippen molar-refractivity contribution in [3.8, 4) is 0 Å². The van der Waals surface area contributed by atoms with Crippen LogP contribution in [0.15, 0.2) is 0 Å². The van der Waals surface area contributed by atoms with Crippen LogP contribution in [0.5, 0.6) is 0 Å².